The summed E-state index contributed by atoms with van der Waals surface area (Å²) in [4.78, 5) is 20.2. The van der Waals surface area contributed by atoms with Gasteiger partial charge in [-0.2, -0.15) is 4.98 Å². The van der Waals surface area contributed by atoms with Crippen LogP contribution in [0.25, 0.3) is 10.9 Å². The Morgan fingerprint density at radius 1 is 1.31 bits per heavy atom. The summed E-state index contributed by atoms with van der Waals surface area (Å²) in [7, 11) is 0. The monoisotopic (exact) mass is 354 g/mol. The minimum absolute atomic E-state index is 0.117. The van der Waals surface area contributed by atoms with E-state index >= 15 is 0 Å². The van der Waals surface area contributed by atoms with Gasteiger partial charge in [0.1, 0.15) is 11.8 Å². The van der Waals surface area contributed by atoms with Crippen LogP contribution in [0.1, 0.15) is 57.8 Å². The normalized spacial score (nSPS) is 17.1. The first-order valence-corrected chi connectivity index (χ1v) is 8.85. The zero-order valence-electron chi connectivity index (χ0n) is 15.2. The van der Waals surface area contributed by atoms with Gasteiger partial charge in [0.2, 0.25) is 0 Å². The third-order valence-corrected chi connectivity index (χ3v) is 4.95. The van der Waals surface area contributed by atoms with Crippen molar-refractivity contribution in [2.45, 2.75) is 46.3 Å². The molecule has 1 aliphatic rings. The van der Waals surface area contributed by atoms with E-state index in [9.17, 15) is 4.79 Å². The van der Waals surface area contributed by atoms with Crippen molar-refractivity contribution in [1.82, 2.24) is 20.4 Å². The number of aromatic nitrogens is 3. The first-order chi connectivity index (χ1) is 12.5. The smallest absolute Gasteiger partial charge is 0.268 e. The van der Waals surface area contributed by atoms with Crippen molar-refractivity contribution in [2.24, 2.45) is 0 Å². The molecule has 136 valence electrons. The van der Waals surface area contributed by atoms with E-state index in [-0.39, 0.29) is 18.6 Å². The van der Waals surface area contributed by atoms with Crippen molar-refractivity contribution in [3.63, 3.8) is 0 Å². The zero-order valence-corrected chi connectivity index (χ0v) is 15.2. The molecule has 3 aromatic rings. The maximum Gasteiger partial charge on any atom is 0.268 e. The molecule has 1 saturated heterocycles. The number of fused-ring (bicyclic) bond motifs is 1. The second kappa shape index (κ2) is 6.57. The molecule has 1 amide bonds. The first-order valence-electron chi connectivity index (χ1n) is 8.85. The van der Waals surface area contributed by atoms with Crippen LogP contribution in [0, 0.1) is 20.8 Å². The second-order valence-electron chi connectivity index (χ2n) is 6.81. The summed E-state index contributed by atoms with van der Waals surface area (Å²) in [6.07, 6.45) is 1.77. The molecule has 1 atom stereocenters. The number of carbonyl (C=O) groups excluding carboxylic acids is 1. The highest BCUT2D eigenvalue weighted by Gasteiger charge is 2.24. The number of hydrogen-bond acceptors (Lipinski definition) is 5. The summed E-state index contributed by atoms with van der Waals surface area (Å²) in [5.41, 5.74) is 4.80. The van der Waals surface area contributed by atoms with Crippen LogP contribution in [0.2, 0.25) is 0 Å². The number of amides is 1. The van der Waals surface area contributed by atoms with Gasteiger partial charge in [-0.15, -0.1) is 0 Å². The summed E-state index contributed by atoms with van der Waals surface area (Å²) in [5, 5.41) is 7.90. The minimum Gasteiger partial charge on any atom is -0.368 e. The van der Waals surface area contributed by atoms with Crippen LogP contribution in [0.4, 0.5) is 0 Å². The lowest BCUT2D eigenvalue weighted by Crippen LogP contribution is -2.24. The summed E-state index contributed by atoms with van der Waals surface area (Å²) < 4.78 is 10.8. The van der Waals surface area contributed by atoms with Crippen molar-refractivity contribution in [3.05, 3.63) is 46.2 Å². The molecule has 0 bridgehead atoms. The Balaban J connectivity index is 1.50. The SMILES string of the molecule is Cc1ccc(C)c2c(C)c(C(=O)NCc3noc([C@H]4CCCO4)n3)[nH]c12. The van der Waals surface area contributed by atoms with Gasteiger partial charge in [0, 0.05) is 17.5 Å². The fourth-order valence-corrected chi connectivity index (χ4v) is 3.52. The van der Waals surface area contributed by atoms with Gasteiger partial charge in [0.25, 0.3) is 11.8 Å². The Hall–Kier alpha value is -2.67. The topological polar surface area (TPSA) is 93.0 Å². The van der Waals surface area contributed by atoms with Crippen molar-refractivity contribution in [3.8, 4) is 0 Å². The second-order valence-corrected chi connectivity index (χ2v) is 6.81. The van der Waals surface area contributed by atoms with Crippen LogP contribution in [-0.4, -0.2) is 27.6 Å². The molecule has 1 fully saturated rings. The molecule has 2 aromatic heterocycles. The van der Waals surface area contributed by atoms with Crippen LogP contribution in [0.3, 0.4) is 0 Å². The average molecular weight is 354 g/mol. The minimum atomic E-state index is -0.180. The lowest BCUT2D eigenvalue weighted by atomic mass is 10.0. The third kappa shape index (κ3) is 2.88. The molecule has 0 radical (unpaired) electrons. The standard InChI is InChI=1S/C19H22N4O3/c1-10-6-7-11(2)16-15(10)12(3)17(22-16)18(24)20-9-14-21-19(26-23-14)13-5-4-8-25-13/h6-7,13,22H,4-5,8-9H2,1-3H3,(H,20,24)/t13-/m1/s1. The number of aryl methyl sites for hydroxylation is 3. The van der Waals surface area contributed by atoms with E-state index in [1.165, 1.54) is 0 Å². The van der Waals surface area contributed by atoms with E-state index in [0.29, 0.717) is 17.4 Å². The van der Waals surface area contributed by atoms with Gasteiger partial charge in [-0.05, 0) is 50.3 Å². The Morgan fingerprint density at radius 3 is 2.85 bits per heavy atom. The molecule has 4 rings (SSSR count). The van der Waals surface area contributed by atoms with Crippen molar-refractivity contribution < 1.29 is 14.1 Å². The van der Waals surface area contributed by atoms with Crippen molar-refractivity contribution in [1.29, 1.82) is 0 Å². The van der Waals surface area contributed by atoms with E-state index in [1.54, 1.807) is 0 Å². The molecule has 1 aromatic carbocycles. The predicted octanol–water partition coefficient (Wildman–Crippen LogP) is 3.26. The van der Waals surface area contributed by atoms with Crippen molar-refractivity contribution in [2.75, 3.05) is 6.61 Å². The number of ether oxygens (including phenoxy) is 1. The Labute approximate surface area is 151 Å². The largest absolute Gasteiger partial charge is 0.368 e. The van der Waals surface area contributed by atoms with E-state index < -0.39 is 0 Å². The Morgan fingerprint density at radius 2 is 2.12 bits per heavy atom. The molecule has 7 heteroatoms. The van der Waals surface area contributed by atoms with E-state index in [1.807, 2.05) is 13.8 Å². The summed E-state index contributed by atoms with van der Waals surface area (Å²) in [6, 6.07) is 4.13. The number of nitrogens with one attached hydrogen (secondary N) is 2. The number of aromatic amines is 1. The lowest BCUT2D eigenvalue weighted by molar-refractivity contribution is 0.0835. The molecule has 2 N–H and O–H groups in total. The van der Waals surface area contributed by atoms with Gasteiger partial charge in [-0.1, -0.05) is 17.3 Å². The zero-order chi connectivity index (χ0) is 18.3. The summed E-state index contributed by atoms with van der Waals surface area (Å²) >= 11 is 0. The van der Waals surface area contributed by atoms with Gasteiger partial charge >= 0.3 is 0 Å². The molecule has 0 aliphatic carbocycles. The highest BCUT2D eigenvalue weighted by molar-refractivity contribution is 6.02. The van der Waals surface area contributed by atoms with E-state index in [4.69, 9.17) is 9.26 Å². The number of rotatable bonds is 4. The Kier molecular flexibility index (Phi) is 4.24. The number of hydrogen-bond donors (Lipinski definition) is 2. The number of carbonyl (C=O) groups is 1. The molecule has 0 spiro atoms. The highest BCUT2D eigenvalue weighted by Crippen LogP contribution is 2.28. The Bertz CT molecular complexity index is 967. The molecule has 26 heavy (non-hydrogen) atoms. The van der Waals surface area contributed by atoms with E-state index in [2.05, 4.69) is 39.5 Å². The van der Waals surface area contributed by atoms with Crippen LogP contribution in [-0.2, 0) is 11.3 Å². The number of H-pyrrole nitrogens is 1. The average Bonchev–Trinajstić information content (AvgIpc) is 3.35. The molecule has 3 heterocycles. The summed E-state index contributed by atoms with van der Waals surface area (Å²) in [6.45, 7) is 6.98. The maximum atomic E-state index is 12.6. The molecule has 7 nitrogen and oxygen atoms in total. The van der Waals surface area contributed by atoms with Crippen LogP contribution in [0.5, 0.6) is 0 Å². The van der Waals surface area contributed by atoms with Gasteiger partial charge in [0.05, 0.1) is 6.54 Å². The number of benzene rings is 1. The first kappa shape index (κ1) is 16.8. The number of nitrogens with zero attached hydrogens (tertiary/aromatic N) is 2. The molecular formula is C19H22N4O3. The highest BCUT2D eigenvalue weighted by atomic mass is 16.5. The fraction of sp³-hybridized carbons (Fsp3) is 0.421. The van der Waals surface area contributed by atoms with Crippen LogP contribution in [0.15, 0.2) is 16.7 Å². The van der Waals surface area contributed by atoms with Gasteiger partial charge < -0.3 is 19.6 Å². The van der Waals surface area contributed by atoms with Crippen LogP contribution < -0.4 is 5.32 Å². The van der Waals surface area contributed by atoms with Gasteiger partial charge in [-0.3, -0.25) is 4.79 Å². The quantitative estimate of drug-likeness (QED) is 0.750. The maximum absolute atomic E-state index is 12.6. The molecule has 0 unspecified atom stereocenters. The van der Waals surface area contributed by atoms with E-state index in [0.717, 1.165) is 47.0 Å². The molecule has 0 saturated carbocycles. The summed E-state index contributed by atoms with van der Waals surface area (Å²) in [5.74, 6) is 0.755. The van der Waals surface area contributed by atoms with Crippen LogP contribution >= 0.6 is 0 Å². The third-order valence-electron chi connectivity index (χ3n) is 4.95. The fourth-order valence-electron chi connectivity index (χ4n) is 3.52. The van der Waals surface area contributed by atoms with Crippen molar-refractivity contribution >= 4 is 16.8 Å². The molecular weight excluding hydrogens is 332 g/mol. The van der Waals surface area contributed by atoms with Gasteiger partial charge in [0.15, 0.2) is 5.82 Å². The lowest BCUT2D eigenvalue weighted by Gasteiger charge is -2.02. The molecule has 1 aliphatic heterocycles. The predicted molar refractivity (Wildman–Crippen MR) is 95.9 cm³/mol. The van der Waals surface area contributed by atoms with Gasteiger partial charge in [-0.25, -0.2) is 0 Å².